The maximum absolute atomic E-state index is 9.41. The molecule has 0 heterocycles. The van der Waals surface area contributed by atoms with Gasteiger partial charge in [-0.3, -0.25) is 0 Å². The van der Waals surface area contributed by atoms with Crippen LogP contribution in [0.2, 0.25) is 0 Å². The molecule has 0 saturated heterocycles. The number of hydrogen-bond donors (Lipinski definition) is 1. The van der Waals surface area contributed by atoms with Crippen LogP contribution in [0.15, 0.2) is 54.6 Å². The highest BCUT2D eigenvalue weighted by Gasteiger charge is 2.00. The predicted octanol–water partition coefficient (Wildman–Crippen LogP) is 3.46. The lowest BCUT2D eigenvalue weighted by Crippen LogP contribution is -1.95. The first-order chi connectivity index (χ1) is 8.75. The van der Waals surface area contributed by atoms with E-state index in [2.05, 4.69) is 12.1 Å². The topological polar surface area (TPSA) is 29.5 Å². The lowest BCUT2D eigenvalue weighted by atomic mass is 10.1. The minimum absolute atomic E-state index is 0.413. The van der Waals surface area contributed by atoms with Crippen LogP contribution in [0.4, 0.5) is 0 Å². The maximum atomic E-state index is 9.41. The zero-order valence-corrected chi connectivity index (χ0v) is 10.5. The van der Waals surface area contributed by atoms with Crippen LogP contribution in [0, 0.1) is 0 Å². The Kier molecular flexibility index (Phi) is 4.51. The van der Waals surface area contributed by atoms with E-state index in [1.54, 1.807) is 6.92 Å². The van der Waals surface area contributed by atoms with Gasteiger partial charge in [-0.15, -0.1) is 0 Å². The van der Waals surface area contributed by atoms with E-state index in [9.17, 15) is 5.11 Å². The summed E-state index contributed by atoms with van der Waals surface area (Å²) in [4.78, 5) is 0. The Morgan fingerprint density at radius 2 is 1.44 bits per heavy atom. The van der Waals surface area contributed by atoms with Gasteiger partial charge in [-0.2, -0.15) is 0 Å². The summed E-state index contributed by atoms with van der Waals surface area (Å²) in [5.74, 6) is 0. The summed E-state index contributed by atoms with van der Waals surface area (Å²) in [6.07, 6.45) is -0.413. The van der Waals surface area contributed by atoms with E-state index in [0.29, 0.717) is 13.2 Å². The molecule has 0 bridgehead atoms. The van der Waals surface area contributed by atoms with Gasteiger partial charge in [0.1, 0.15) is 0 Å². The van der Waals surface area contributed by atoms with Crippen LogP contribution in [-0.2, 0) is 18.0 Å². The third-order valence-electron chi connectivity index (χ3n) is 2.84. The largest absolute Gasteiger partial charge is 0.389 e. The molecule has 18 heavy (non-hydrogen) atoms. The van der Waals surface area contributed by atoms with Crippen molar-refractivity contribution in [1.29, 1.82) is 0 Å². The van der Waals surface area contributed by atoms with Gasteiger partial charge in [0.05, 0.1) is 19.3 Å². The third kappa shape index (κ3) is 3.69. The molecule has 1 N–H and O–H groups in total. The van der Waals surface area contributed by atoms with Crippen molar-refractivity contribution in [2.24, 2.45) is 0 Å². The van der Waals surface area contributed by atoms with E-state index in [0.717, 1.165) is 11.1 Å². The quantitative estimate of drug-likeness (QED) is 0.870. The third-order valence-corrected chi connectivity index (χ3v) is 2.84. The molecule has 1 atom stereocenters. The van der Waals surface area contributed by atoms with Crippen LogP contribution in [0.25, 0.3) is 0 Å². The van der Waals surface area contributed by atoms with E-state index < -0.39 is 6.10 Å². The van der Waals surface area contributed by atoms with Crippen LogP contribution in [0.1, 0.15) is 29.7 Å². The second-order valence-corrected chi connectivity index (χ2v) is 4.40. The summed E-state index contributed by atoms with van der Waals surface area (Å²) in [6.45, 7) is 2.98. The first kappa shape index (κ1) is 12.8. The van der Waals surface area contributed by atoms with Crippen LogP contribution in [0.3, 0.4) is 0 Å². The molecule has 94 valence electrons. The molecule has 2 aromatic carbocycles. The molecular weight excluding hydrogens is 224 g/mol. The first-order valence-electron chi connectivity index (χ1n) is 6.14. The molecule has 0 saturated carbocycles. The van der Waals surface area contributed by atoms with E-state index in [1.165, 1.54) is 5.56 Å². The minimum atomic E-state index is -0.413. The van der Waals surface area contributed by atoms with Crippen molar-refractivity contribution in [3.63, 3.8) is 0 Å². The van der Waals surface area contributed by atoms with E-state index >= 15 is 0 Å². The van der Waals surface area contributed by atoms with Gasteiger partial charge in [0.15, 0.2) is 0 Å². The summed E-state index contributed by atoms with van der Waals surface area (Å²) >= 11 is 0. The SMILES string of the molecule is C[C@H](O)c1ccc(COCc2ccccc2)cc1. The molecule has 0 aliphatic heterocycles. The zero-order valence-electron chi connectivity index (χ0n) is 10.5. The molecule has 0 aliphatic rings. The van der Waals surface area contributed by atoms with Gasteiger partial charge in [-0.25, -0.2) is 0 Å². The molecule has 0 aliphatic carbocycles. The molecule has 0 amide bonds. The number of ether oxygens (including phenoxy) is 1. The molecule has 2 heteroatoms. The summed E-state index contributed by atoms with van der Waals surface area (Å²) in [5, 5.41) is 9.41. The molecule has 0 radical (unpaired) electrons. The second kappa shape index (κ2) is 6.34. The van der Waals surface area contributed by atoms with Gasteiger partial charge in [-0.05, 0) is 23.6 Å². The number of aliphatic hydroxyl groups is 1. The van der Waals surface area contributed by atoms with Crippen molar-refractivity contribution >= 4 is 0 Å². The van der Waals surface area contributed by atoms with Crippen LogP contribution >= 0.6 is 0 Å². The molecule has 2 aromatic rings. The Hall–Kier alpha value is -1.64. The molecule has 0 fully saturated rings. The molecule has 2 rings (SSSR count). The number of hydrogen-bond acceptors (Lipinski definition) is 2. The average Bonchev–Trinajstić information content (AvgIpc) is 2.40. The van der Waals surface area contributed by atoms with Crippen LogP contribution in [-0.4, -0.2) is 5.11 Å². The summed E-state index contributed by atoms with van der Waals surface area (Å²) < 4.78 is 5.64. The van der Waals surface area contributed by atoms with Gasteiger partial charge >= 0.3 is 0 Å². The fraction of sp³-hybridized carbons (Fsp3) is 0.250. The van der Waals surface area contributed by atoms with Crippen molar-refractivity contribution in [1.82, 2.24) is 0 Å². The Bertz CT molecular complexity index is 460. The monoisotopic (exact) mass is 242 g/mol. The average molecular weight is 242 g/mol. The van der Waals surface area contributed by atoms with Gasteiger partial charge in [-0.1, -0.05) is 54.6 Å². The summed E-state index contributed by atoms with van der Waals surface area (Å²) in [5.41, 5.74) is 3.23. The van der Waals surface area contributed by atoms with Crippen molar-refractivity contribution in [2.45, 2.75) is 26.2 Å². The van der Waals surface area contributed by atoms with Crippen LogP contribution < -0.4 is 0 Å². The Morgan fingerprint density at radius 1 is 0.889 bits per heavy atom. The lowest BCUT2D eigenvalue weighted by molar-refractivity contribution is 0.107. The zero-order chi connectivity index (χ0) is 12.8. The first-order valence-corrected chi connectivity index (χ1v) is 6.14. The van der Waals surface area contributed by atoms with Crippen molar-refractivity contribution in [3.05, 3.63) is 71.3 Å². The summed E-state index contributed by atoms with van der Waals surface area (Å²) in [7, 11) is 0. The Balaban J connectivity index is 1.83. The van der Waals surface area contributed by atoms with Gasteiger partial charge in [0.2, 0.25) is 0 Å². The normalized spacial score (nSPS) is 12.3. The number of aliphatic hydroxyl groups excluding tert-OH is 1. The highest BCUT2D eigenvalue weighted by molar-refractivity contribution is 5.23. The van der Waals surface area contributed by atoms with E-state index in [-0.39, 0.29) is 0 Å². The molecule has 0 spiro atoms. The maximum Gasteiger partial charge on any atom is 0.0761 e. The molecule has 0 aromatic heterocycles. The van der Waals surface area contributed by atoms with Gasteiger partial charge in [0.25, 0.3) is 0 Å². The number of rotatable bonds is 5. The lowest BCUT2D eigenvalue weighted by Gasteiger charge is -2.07. The molecular formula is C16H18O2. The molecule has 0 unspecified atom stereocenters. The van der Waals surface area contributed by atoms with Crippen molar-refractivity contribution in [2.75, 3.05) is 0 Å². The van der Waals surface area contributed by atoms with E-state index in [1.807, 2.05) is 42.5 Å². The summed E-state index contributed by atoms with van der Waals surface area (Å²) in [6, 6.07) is 18.0. The minimum Gasteiger partial charge on any atom is -0.389 e. The smallest absolute Gasteiger partial charge is 0.0761 e. The fourth-order valence-electron chi connectivity index (χ4n) is 1.75. The Labute approximate surface area is 108 Å². The predicted molar refractivity (Wildman–Crippen MR) is 72.0 cm³/mol. The van der Waals surface area contributed by atoms with Gasteiger partial charge in [0, 0.05) is 0 Å². The van der Waals surface area contributed by atoms with Crippen LogP contribution in [0.5, 0.6) is 0 Å². The van der Waals surface area contributed by atoms with Gasteiger partial charge < -0.3 is 9.84 Å². The number of benzene rings is 2. The van der Waals surface area contributed by atoms with E-state index in [4.69, 9.17) is 4.74 Å². The Morgan fingerprint density at radius 3 is 2.00 bits per heavy atom. The second-order valence-electron chi connectivity index (χ2n) is 4.40. The van der Waals surface area contributed by atoms with Crippen molar-refractivity contribution < 1.29 is 9.84 Å². The standard InChI is InChI=1S/C16H18O2/c1-13(17)16-9-7-15(8-10-16)12-18-11-14-5-3-2-4-6-14/h2-10,13,17H,11-12H2,1H3/t13-/m0/s1. The highest BCUT2D eigenvalue weighted by atomic mass is 16.5. The molecule has 2 nitrogen and oxygen atoms in total. The fourth-order valence-corrected chi connectivity index (χ4v) is 1.75. The highest BCUT2D eigenvalue weighted by Crippen LogP contribution is 2.13. The van der Waals surface area contributed by atoms with Crippen molar-refractivity contribution in [3.8, 4) is 0 Å².